The quantitative estimate of drug-likeness (QED) is 0.0938. The van der Waals surface area contributed by atoms with Crippen LogP contribution in [0.15, 0.2) is 11.8 Å². The van der Waals surface area contributed by atoms with Crippen molar-refractivity contribution in [2.24, 2.45) is 5.92 Å². The van der Waals surface area contributed by atoms with Crippen molar-refractivity contribution in [1.82, 2.24) is 0 Å². The smallest absolute Gasteiger partial charge is 0.317 e. The fraction of sp³-hybridized carbons (Fsp3) is 0.833. The van der Waals surface area contributed by atoms with Gasteiger partial charge in [0, 0.05) is 12.5 Å². The molecule has 29 heavy (non-hydrogen) atoms. The van der Waals surface area contributed by atoms with Gasteiger partial charge in [-0.05, 0) is 12.8 Å². The number of hydrogen-bond donors (Lipinski definition) is 3. The Kier molecular flexibility index (Phi) is 17.8. The predicted octanol–water partition coefficient (Wildman–Crippen LogP) is 6.34. The lowest BCUT2D eigenvalue weighted by Gasteiger charge is -2.17. The highest BCUT2D eigenvalue weighted by Gasteiger charge is 2.32. The zero-order valence-electron chi connectivity index (χ0n) is 18.7. The van der Waals surface area contributed by atoms with E-state index in [0.29, 0.717) is 19.3 Å². The van der Waals surface area contributed by atoms with E-state index in [1.807, 2.05) is 0 Å². The lowest BCUT2D eigenvalue weighted by atomic mass is 9.92. The molecule has 0 saturated carbocycles. The average molecular weight is 413 g/mol. The Morgan fingerprint density at radius 3 is 1.66 bits per heavy atom. The minimum atomic E-state index is -1.49. The lowest BCUT2D eigenvalue weighted by molar-refractivity contribution is -0.149. The number of ketones is 1. The monoisotopic (exact) mass is 412 g/mol. The first-order valence-electron chi connectivity index (χ1n) is 11.8. The molecule has 0 saturated heterocycles. The number of aliphatic carboxylic acids is 1. The van der Waals surface area contributed by atoms with Gasteiger partial charge in [0.05, 0.1) is 11.9 Å². The molecule has 0 aliphatic rings. The van der Waals surface area contributed by atoms with Crippen molar-refractivity contribution in [3.8, 4) is 0 Å². The van der Waals surface area contributed by atoms with Crippen molar-refractivity contribution in [3.05, 3.63) is 11.8 Å². The number of unbranched alkanes of at least 4 members (excludes halogenated alkanes) is 12. The van der Waals surface area contributed by atoms with E-state index in [1.165, 1.54) is 38.5 Å². The summed E-state index contributed by atoms with van der Waals surface area (Å²) in [6.45, 7) is 4.32. The number of carboxylic acids is 1. The summed E-state index contributed by atoms with van der Waals surface area (Å²) in [7, 11) is 0. The Labute approximate surface area is 177 Å². The number of aliphatic hydroxyl groups excluding tert-OH is 2. The number of aliphatic hydroxyl groups is 2. The number of allylic oxidation sites excluding steroid dienone is 2. The SMILES string of the molecule is CCCCCCCCCCCC(O)=CC(=O)C(C(=O)O)C(O)CCCCCCC. The van der Waals surface area contributed by atoms with Crippen LogP contribution in [0, 0.1) is 5.92 Å². The number of carbonyl (C=O) groups excluding carboxylic acids is 1. The van der Waals surface area contributed by atoms with Crippen LogP contribution in [0.25, 0.3) is 0 Å². The third-order valence-corrected chi connectivity index (χ3v) is 5.41. The van der Waals surface area contributed by atoms with Gasteiger partial charge in [-0.2, -0.15) is 0 Å². The Bertz CT molecular complexity index is 458. The van der Waals surface area contributed by atoms with E-state index in [4.69, 9.17) is 0 Å². The minimum absolute atomic E-state index is 0.0839. The first-order chi connectivity index (χ1) is 13.9. The van der Waals surface area contributed by atoms with Gasteiger partial charge in [-0.3, -0.25) is 9.59 Å². The van der Waals surface area contributed by atoms with Gasteiger partial charge in [-0.1, -0.05) is 97.3 Å². The molecule has 0 heterocycles. The fourth-order valence-electron chi connectivity index (χ4n) is 3.54. The summed E-state index contributed by atoms with van der Waals surface area (Å²) in [6, 6.07) is 0. The molecule has 5 nitrogen and oxygen atoms in total. The standard InChI is InChI=1S/C24H44O5/c1-3-5-7-9-10-11-12-14-15-17-20(25)19-22(27)23(24(28)29)21(26)18-16-13-8-6-4-2/h19,21,23,25-26H,3-18H2,1-2H3,(H,28,29). The summed E-state index contributed by atoms with van der Waals surface area (Å²) >= 11 is 0. The van der Waals surface area contributed by atoms with Gasteiger partial charge in [0.1, 0.15) is 5.92 Å². The summed E-state index contributed by atoms with van der Waals surface area (Å²) in [5.41, 5.74) is 0. The van der Waals surface area contributed by atoms with Crippen LogP contribution in [0.3, 0.4) is 0 Å². The second kappa shape index (κ2) is 18.7. The highest BCUT2D eigenvalue weighted by Crippen LogP contribution is 2.17. The Morgan fingerprint density at radius 1 is 0.724 bits per heavy atom. The maximum atomic E-state index is 12.3. The number of rotatable bonds is 20. The molecule has 3 N–H and O–H groups in total. The summed E-state index contributed by atoms with van der Waals surface area (Å²) in [5.74, 6) is -3.62. The van der Waals surface area contributed by atoms with Crippen LogP contribution in [0.2, 0.25) is 0 Å². The van der Waals surface area contributed by atoms with Gasteiger partial charge in [0.2, 0.25) is 0 Å². The van der Waals surface area contributed by atoms with Gasteiger partial charge in [-0.15, -0.1) is 0 Å². The van der Waals surface area contributed by atoms with E-state index in [0.717, 1.165) is 51.0 Å². The highest BCUT2D eigenvalue weighted by molar-refractivity contribution is 6.05. The molecule has 0 aliphatic heterocycles. The zero-order valence-corrected chi connectivity index (χ0v) is 18.7. The Morgan fingerprint density at radius 2 is 1.17 bits per heavy atom. The first-order valence-corrected chi connectivity index (χ1v) is 11.8. The number of carbonyl (C=O) groups is 2. The zero-order chi connectivity index (χ0) is 21.9. The van der Waals surface area contributed by atoms with Gasteiger partial charge in [0.15, 0.2) is 5.78 Å². The number of carboxylic acid groups (broad SMARTS) is 1. The van der Waals surface area contributed by atoms with Gasteiger partial charge < -0.3 is 15.3 Å². The van der Waals surface area contributed by atoms with Gasteiger partial charge in [0.25, 0.3) is 0 Å². The van der Waals surface area contributed by atoms with Crippen LogP contribution in [-0.4, -0.2) is 33.2 Å². The summed E-state index contributed by atoms with van der Waals surface area (Å²) in [4.78, 5) is 23.7. The summed E-state index contributed by atoms with van der Waals surface area (Å²) in [5, 5.41) is 29.5. The van der Waals surface area contributed by atoms with Crippen LogP contribution in [-0.2, 0) is 9.59 Å². The van der Waals surface area contributed by atoms with Crippen LogP contribution in [0.5, 0.6) is 0 Å². The van der Waals surface area contributed by atoms with Crippen molar-refractivity contribution in [3.63, 3.8) is 0 Å². The third-order valence-electron chi connectivity index (χ3n) is 5.41. The van der Waals surface area contributed by atoms with Crippen LogP contribution in [0.4, 0.5) is 0 Å². The van der Waals surface area contributed by atoms with E-state index in [9.17, 15) is 24.9 Å². The minimum Gasteiger partial charge on any atom is -0.512 e. The van der Waals surface area contributed by atoms with E-state index in [1.54, 1.807) is 0 Å². The average Bonchev–Trinajstić information content (AvgIpc) is 2.66. The molecular formula is C24H44O5. The second-order valence-corrected chi connectivity index (χ2v) is 8.20. The molecule has 0 bridgehead atoms. The molecule has 0 aromatic rings. The Hall–Kier alpha value is -1.36. The molecule has 0 spiro atoms. The van der Waals surface area contributed by atoms with Crippen molar-refractivity contribution < 1.29 is 24.9 Å². The fourth-order valence-corrected chi connectivity index (χ4v) is 3.54. The van der Waals surface area contributed by atoms with E-state index < -0.39 is 23.8 Å². The predicted molar refractivity (Wildman–Crippen MR) is 118 cm³/mol. The first kappa shape index (κ1) is 27.6. The van der Waals surface area contributed by atoms with Crippen LogP contribution < -0.4 is 0 Å². The topological polar surface area (TPSA) is 94.8 Å². The molecule has 0 radical (unpaired) electrons. The van der Waals surface area contributed by atoms with Crippen molar-refractivity contribution in [2.45, 2.75) is 123 Å². The molecular weight excluding hydrogens is 368 g/mol. The molecule has 2 unspecified atom stereocenters. The second-order valence-electron chi connectivity index (χ2n) is 8.20. The summed E-state index contributed by atoms with van der Waals surface area (Å²) in [6.07, 6.45) is 15.8. The number of hydrogen-bond acceptors (Lipinski definition) is 4. The van der Waals surface area contributed by atoms with Gasteiger partial charge >= 0.3 is 5.97 Å². The maximum absolute atomic E-state index is 12.3. The third kappa shape index (κ3) is 15.2. The molecule has 0 aromatic carbocycles. The lowest BCUT2D eigenvalue weighted by Crippen LogP contribution is -2.34. The molecule has 0 rings (SSSR count). The molecule has 0 aliphatic carbocycles. The van der Waals surface area contributed by atoms with Crippen LogP contribution >= 0.6 is 0 Å². The van der Waals surface area contributed by atoms with E-state index in [-0.39, 0.29) is 5.76 Å². The van der Waals surface area contributed by atoms with Crippen LogP contribution in [0.1, 0.15) is 117 Å². The highest BCUT2D eigenvalue weighted by atomic mass is 16.4. The molecule has 170 valence electrons. The largest absolute Gasteiger partial charge is 0.512 e. The van der Waals surface area contributed by atoms with E-state index in [2.05, 4.69) is 13.8 Å². The molecule has 0 amide bonds. The summed E-state index contributed by atoms with van der Waals surface area (Å²) < 4.78 is 0. The maximum Gasteiger partial charge on any atom is 0.317 e. The Balaban J connectivity index is 4.18. The van der Waals surface area contributed by atoms with Crippen molar-refractivity contribution >= 4 is 11.8 Å². The van der Waals surface area contributed by atoms with Gasteiger partial charge in [-0.25, -0.2) is 0 Å². The molecule has 2 atom stereocenters. The normalized spacial score (nSPS) is 14.0. The molecule has 5 heteroatoms. The van der Waals surface area contributed by atoms with E-state index >= 15 is 0 Å². The van der Waals surface area contributed by atoms with Crippen molar-refractivity contribution in [1.29, 1.82) is 0 Å². The molecule has 0 fully saturated rings. The van der Waals surface area contributed by atoms with Crippen molar-refractivity contribution in [2.75, 3.05) is 0 Å². The molecule has 0 aromatic heterocycles.